The molecule has 0 aromatic heterocycles. The predicted octanol–water partition coefficient (Wildman–Crippen LogP) is 3.11. The van der Waals surface area contributed by atoms with Crippen LogP contribution in [0.4, 0.5) is 0 Å². The van der Waals surface area contributed by atoms with E-state index in [2.05, 4.69) is 27.1 Å². The van der Waals surface area contributed by atoms with Crippen LogP contribution in [-0.4, -0.2) is 42.4 Å². The van der Waals surface area contributed by atoms with E-state index in [0.29, 0.717) is 13.0 Å². The SMILES string of the molecule is [N-]=[N+]=NCC(O)CCOc1cccc(CN2CCCCC2)c1. The maximum Gasteiger partial charge on any atom is 0.119 e. The van der Waals surface area contributed by atoms with Gasteiger partial charge in [-0.25, -0.2) is 0 Å². The summed E-state index contributed by atoms with van der Waals surface area (Å²) in [7, 11) is 0. The third kappa shape index (κ3) is 5.93. The number of azide groups is 1. The Bertz CT molecular complexity index is 497. The molecule has 6 nitrogen and oxygen atoms in total. The fraction of sp³-hybridized carbons (Fsp3) is 0.625. The van der Waals surface area contributed by atoms with Crippen LogP contribution in [0.15, 0.2) is 29.4 Å². The number of likely N-dealkylation sites (tertiary alicyclic amines) is 1. The first-order valence-corrected chi connectivity index (χ1v) is 7.91. The molecule has 1 aromatic carbocycles. The van der Waals surface area contributed by atoms with Gasteiger partial charge < -0.3 is 9.84 Å². The van der Waals surface area contributed by atoms with E-state index in [9.17, 15) is 5.11 Å². The van der Waals surface area contributed by atoms with Crippen LogP contribution in [0.25, 0.3) is 10.4 Å². The van der Waals surface area contributed by atoms with Gasteiger partial charge in [0, 0.05) is 17.9 Å². The first-order valence-electron chi connectivity index (χ1n) is 7.91. The summed E-state index contributed by atoms with van der Waals surface area (Å²) < 4.78 is 5.67. The van der Waals surface area contributed by atoms with E-state index in [1.54, 1.807) is 0 Å². The third-order valence-electron chi connectivity index (χ3n) is 3.83. The normalized spacial score (nSPS) is 16.8. The van der Waals surface area contributed by atoms with E-state index in [-0.39, 0.29) is 6.54 Å². The summed E-state index contributed by atoms with van der Waals surface area (Å²) >= 11 is 0. The van der Waals surface area contributed by atoms with Crippen LogP contribution >= 0.6 is 0 Å². The monoisotopic (exact) mass is 304 g/mol. The van der Waals surface area contributed by atoms with Crippen molar-refractivity contribution in [2.24, 2.45) is 5.11 Å². The fourth-order valence-electron chi connectivity index (χ4n) is 2.64. The van der Waals surface area contributed by atoms with E-state index in [0.717, 1.165) is 12.3 Å². The Labute approximate surface area is 131 Å². The summed E-state index contributed by atoms with van der Waals surface area (Å²) in [5.74, 6) is 0.825. The van der Waals surface area contributed by atoms with Crippen LogP contribution < -0.4 is 4.74 Å². The van der Waals surface area contributed by atoms with E-state index >= 15 is 0 Å². The first-order chi connectivity index (χ1) is 10.8. The Morgan fingerprint density at radius 2 is 2.14 bits per heavy atom. The second-order valence-corrected chi connectivity index (χ2v) is 5.69. The molecular weight excluding hydrogens is 280 g/mol. The number of hydrogen-bond donors (Lipinski definition) is 1. The summed E-state index contributed by atoms with van der Waals surface area (Å²) in [5.41, 5.74) is 9.45. The van der Waals surface area contributed by atoms with E-state index in [4.69, 9.17) is 10.3 Å². The van der Waals surface area contributed by atoms with Gasteiger partial charge in [0.2, 0.25) is 0 Å². The molecule has 1 aliphatic rings. The zero-order valence-corrected chi connectivity index (χ0v) is 12.9. The molecule has 0 radical (unpaired) electrons. The highest BCUT2D eigenvalue weighted by Crippen LogP contribution is 2.17. The van der Waals surface area contributed by atoms with Crippen LogP contribution in [-0.2, 0) is 6.54 Å². The van der Waals surface area contributed by atoms with E-state index in [1.807, 2.05) is 12.1 Å². The standard InChI is InChI=1S/C16H24N4O2/c17-19-18-12-15(21)7-10-22-16-6-4-5-14(11-16)13-20-8-2-1-3-9-20/h4-6,11,15,21H,1-3,7-10,12-13H2. The molecule has 1 aromatic rings. The van der Waals surface area contributed by atoms with Crippen molar-refractivity contribution in [2.75, 3.05) is 26.2 Å². The van der Waals surface area contributed by atoms with Gasteiger partial charge in [-0.1, -0.05) is 23.7 Å². The molecule has 0 aliphatic carbocycles. The molecule has 120 valence electrons. The molecule has 1 saturated heterocycles. The zero-order chi connectivity index (χ0) is 15.6. The van der Waals surface area contributed by atoms with E-state index < -0.39 is 6.10 Å². The Kier molecular flexibility index (Phi) is 7.03. The maximum absolute atomic E-state index is 9.58. The molecular formula is C16H24N4O2. The van der Waals surface area contributed by atoms with Crippen LogP contribution in [0.5, 0.6) is 5.75 Å². The topological polar surface area (TPSA) is 81.5 Å². The predicted molar refractivity (Wildman–Crippen MR) is 85.7 cm³/mol. The highest BCUT2D eigenvalue weighted by Gasteiger charge is 2.10. The Morgan fingerprint density at radius 3 is 2.91 bits per heavy atom. The lowest BCUT2D eigenvalue weighted by Gasteiger charge is -2.26. The molecule has 0 bridgehead atoms. The van der Waals surface area contributed by atoms with Gasteiger partial charge in [0.05, 0.1) is 19.3 Å². The van der Waals surface area contributed by atoms with Gasteiger partial charge in [0.25, 0.3) is 0 Å². The zero-order valence-electron chi connectivity index (χ0n) is 12.9. The minimum atomic E-state index is -0.646. The smallest absolute Gasteiger partial charge is 0.119 e. The lowest BCUT2D eigenvalue weighted by atomic mass is 10.1. The number of ether oxygens (including phenoxy) is 1. The molecule has 0 spiro atoms. The number of aliphatic hydroxyl groups is 1. The van der Waals surface area contributed by atoms with Crippen molar-refractivity contribution < 1.29 is 9.84 Å². The molecule has 0 amide bonds. The minimum absolute atomic E-state index is 0.0921. The van der Waals surface area contributed by atoms with Crippen LogP contribution in [0.3, 0.4) is 0 Å². The van der Waals surface area contributed by atoms with Gasteiger partial charge in [0.1, 0.15) is 5.75 Å². The number of hydrogen-bond acceptors (Lipinski definition) is 4. The quantitative estimate of drug-likeness (QED) is 0.455. The maximum atomic E-state index is 9.58. The summed E-state index contributed by atoms with van der Waals surface area (Å²) in [6.07, 6.45) is 3.73. The van der Waals surface area contributed by atoms with Crippen LogP contribution in [0.1, 0.15) is 31.2 Å². The van der Waals surface area contributed by atoms with Crippen molar-refractivity contribution in [3.05, 3.63) is 40.3 Å². The molecule has 6 heteroatoms. The summed E-state index contributed by atoms with van der Waals surface area (Å²) in [5, 5.41) is 12.9. The molecule has 1 unspecified atom stereocenters. The fourth-order valence-corrected chi connectivity index (χ4v) is 2.64. The van der Waals surface area contributed by atoms with Crippen molar-refractivity contribution in [1.82, 2.24) is 4.90 Å². The number of rotatable bonds is 8. The second kappa shape index (κ2) is 9.30. The van der Waals surface area contributed by atoms with Gasteiger partial charge >= 0.3 is 0 Å². The molecule has 2 rings (SSSR count). The molecule has 1 atom stereocenters. The Balaban J connectivity index is 1.76. The summed E-state index contributed by atoms with van der Waals surface area (Å²) in [6, 6.07) is 8.12. The highest BCUT2D eigenvalue weighted by molar-refractivity contribution is 5.28. The lowest BCUT2D eigenvalue weighted by Crippen LogP contribution is -2.29. The van der Waals surface area contributed by atoms with Crippen molar-refractivity contribution in [1.29, 1.82) is 0 Å². The summed E-state index contributed by atoms with van der Waals surface area (Å²) in [6.45, 7) is 3.83. The van der Waals surface area contributed by atoms with Crippen LogP contribution in [0.2, 0.25) is 0 Å². The largest absolute Gasteiger partial charge is 0.493 e. The Morgan fingerprint density at radius 1 is 1.32 bits per heavy atom. The molecule has 22 heavy (non-hydrogen) atoms. The van der Waals surface area contributed by atoms with E-state index in [1.165, 1.54) is 37.9 Å². The molecule has 1 N–H and O–H groups in total. The van der Waals surface area contributed by atoms with Gasteiger partial charge in [-0.2, -0.15) is 0 Å². The molecule has 1 heterocycles. The molecule has 1 fully saturated rings. The van der Waals surface area contributed by atoms with Gasteiger partial charge in [-0.3, -0.25) is 4.90 Å². The average Bonchev–Trinajstić information content (AvgIpc) is 2.54. The van der Waals surface area contributed by atoms with Crippen LogP contribution in [0, 0.1) is 0 Å². The lowest BCUT2D eigenvalue weighted by molar-refractivity contribution is 0.146. The first kappa shape index (κ1) is 16.6. The Hall–Kier alpha value is -1.75. The number of benzene rings is 1. The average molecular weight is 304 g/mol. The number of piperidine rings is 1. The van der Waals surface area contributed by atoms with Gasteiger partial charge in [-0.05, 0) is 49.2 Å². The number of nitrogens with zero attached hydrogens (tertiary/aromatic N) is 4. The van der Waals surface area contributed by atoms with Crippen molar-refractivity contribution in [3.63, 3.8) is 0 Å². The van der Waals surface area contributed by atoms with Crippen molar-refractivity contribution in [2.45, 2.75) is 38.3 Å². The molecule has 1 aliphatic heterocycles. The van der Waals surface area contributed by atoms with Crippen molar-refractivity contribution >= 4 is 0 Å². The second-order valence-electron chi connectivity index (χ2n) is 5.69. The highest BCUT2D eigenvalue weighted by atomic mass is 16.5. The number of aliphatic hydroxyl groups excluding tert-OH is 1. The van der Waals surface area contributed by atoms with Gasteiger partial charge in [-0.15, -0.1) is 0 Å². The van der Waals surface area contributed by atoms with Gasteiger partial charge in [0.15, 0.2) is 0 Å². The summed E-state index contributed by atoms with van der Waals surface area (Å²) in [4.78, 5) is 5.11. The molecule has 0 saturated carbocycles. The van der Waals surface area contributed by atoms with Crippen molar-refractivity contribution in [3.8, 4) is 5.75 Å². The minimum Gasteiger partial charge on any atom is -0.493 e. The third-order valence-corrected chi connectivity index (χ3v) is 3.83.